The zero-order chi connectivity index (χ0) is 28.1. The van der Waals surface area contributed by atoms with Gasteiger partial charge in [0.15, 0.2) is 5.65 Å². The van der Waals surface area contributed by atoms with Crippen LogP contribution in [0.3, 0.4) is 0 Å². The molecule has 1 aromatic carbocycles. The van der Waals surface area contributed by atoms with E-state index >= 15 is 0 Å². The van der Waals surface area contributed by atoms with E-state index in [-0.39, 0.29) is 17.7 Å². The van der Waals surface area contributed by atoms with Crippen LogP contribution in [0.1, 0.15) is 43.6 Å². The van der Waals surface area contributed by atoms with E-state index in [1.165, 1.54) is 6.33 Å². The van der Waals surface area contributed by atoms with Gasteiger partial charge in [0, 0.05) is 28.9 Å². The van der Waals surface area contributed by atoms with Crippen molar-refractivity contribution < 1.29 is 4.74 Å². The quantitative estimate of drug-likeness (QED) is 0.277. The number of ether oxygens (including phenoxy) is 1. The maximum atomic E-state index is 14.0. The molecule has 0 fully saturated rings. The summed E-state index contributed by atoms with van der Waals surface area (Å²) < 4.78 is 9.31. The van der Waals surface area contributed by atoms with Crippen molar-refractivity contribution >= 4 is 33.0 Å². The van der Waals surface area contributed by atoms with Crippen LogP contribution < -0.4 is 16.0 Å². The molecule has 5 heterocycles. The molecule has 0 aliphatic rings. The van der Waals surface area contributed by atoms with Gasteiger partial charge in [-0.2, -0.15) is 5.10 Å². The molecule has 9 nitrogen and oxygen atoms in total. The summed E-state index contributed by atoms with van der Waals surface area (Å²) in [6, 6.07) is 13.5. The lowest BCUT2D eigenvalue weighted by atomic mass is 9.96. The average molecular weight is 552 g/mol. The molecule has 6 aromatic rings. The standard InChI is InChI=1S/C30H29N7O2S/c1-16(2)39-23-10-9-21(13-32-23)27-26-28(31)33-15-34-29(26)37(35-27)19(5)22-12-24-36(18(4)14-40-24)30(38)25(22)20-8-6-7-17(3)11-20/h6-16,19H,1-5H3,(H2,31,33,34)/t19-/m0/s1. The van der Waals surface area contributed by atoms with Crippen molar-refractivity contribution in [1.82, 2.24) is 29.1 Å². The van der Waals surface area contributed by atoms with Crippen LogP contribution in [0.15, 0.2) is 65.2 Å². The Hall–Kier alpha value is -4.57. The van der Waals surface area contributed by atoms with E-state index in [4.69, 9.17) is 15.6 Å². The van der Waals surface area contributed by atoms with Crippen molar-refractivity contribution in [3.63, 3.8) is 0 Å². The number of pyridine rings is 2. The molecule has 0 amide bonds. The van der Waals surface area contributed by atoms with E-state index in [0.717, 1.165) is 32.8 Å². The van der Waals surface area contributed by atoms with Gasteiger partial charge in [-0.25, -0.2) is 19.6 Å². The fourth-order valence-electron chi connectivity index (χ4n) is 5.08. The Morgan fingerprint density at radius 3 is 2.55 bits per heavy atom. The summed E-state index contributed by atoms with van der Waals surface area (Å²) in [4.78, 5) is 28.2. The Bertz CT molecular complexity index is 1940. The third kappa shape index (κ3) is 4.30. The van der Waals surface area contributed by atoms with E-state index < -0.39 is 0 Å². The van der Waals surface area contributed by atoms with Crippen LogP contribution >= 0.6 is 11.3 Å². The van der Waals surface area contributed by atoms with E-state index in [0.29, 0.717) is 34.0 Å². The SMILES string of the molecule is Cc1cccc(-c2c([C@H](C)n3nc(-c4ccc(OC(C)C)nc4)c4c(N)ncnc43)cc3scc(C)n3c2=O)c1. The molecule has 0 bridgehead atoms. The zero-order valence-electron chi connectivity index (χ0n) is 22.9. The van der Waals surface area contributed by atoms with Gasteiger partial charge >= 0.3 is 0 Å². The fraction of sp³-hybridized carbons (Fsp3) is 0.233. The molecule has 40 heavy (non-hydrogen) atoms. The number of nitrogens with zero attached hydrogens (tertiary/aromatic N) is 6. The van der Waals surface area contributed by atoms with Gasteiger partial charge in [-0.1, -0.05) is 29.8 Å². The number of hydrogen-bond acceptors (Lipinski definition) is 8. The van der Waals surface area contributed by atoms with Crippen molar-refractivity contribution in [2.45, 2.75) is 46.8 Å². The number of nitrogen functional groups attached to an aromatic ring is 1. The van der Waals surface area contributed by atoms with E-state index in [9.17, 15) is 4.79 Å². The highest BCUT2D eigenvalue weighted by molar-refractivity contribution is 7.15. The topological polar surface area (TPSA) is 113 Å². The molecule has 10 heteroatoms. The number of anilines is 1. The zero-order valence-corrected chi connectivity index (χ0v) is 23.7. The van der Waals surface area contributed by atoms with Crippen LogP contribution in [0, 0.1) is 13.8 Å². The van der Waals surface area contributed by atoms with E-state index in [1.807, 2.05) is 81.1 Å². The van der Waals surface area contributed by atoms with Crippen LogP contribution in [0.2, 0.25) is 0 Å². The highest BCUT2D eigenvalue weighted by atomic mass is 32.1. The highest BCUT2D eigenvalue weighted by Gasteiger charge is 2.25. The lowest BCUT2D eigenvalue weighted by Gasteiger charge is -2.18. The minimum Gasteiger partial charge on any atom is -0.475 e. The van der Waals surface area contributed by atoms with Gasteiger partial charge in [0.05, 0.1) is 23.1 Å². The number of hydrogen-bond donors (Lipinski definition) is 1. The normalized spacial score (nSPS) is 12.4. The van der Waals surface area contributed by atoms with Gasteiger partial charge in [0.25, 0.3) is 5.56 Å². The highest BCUT2D eigenvalue weighted by Crippen LogP contribution is 2.36. The smallest absolute Gasteiger partial charge is 0.264 e. The average Bonchev–Trinajstić information content (AvgIpc) is 3.50. The second-order valence-electron chi connectivity index (χ2n) is 10.2. The molecule has 5 aromatic heterocycles. The van der Waals surface area contributed by atoms with Gasteiger partial charge in [-0.05, 0) is 57.9 Å². The molecule has 0 unspecified atom stereocenters. The third-order valence-electron chi connectivity index (χ3n) is 6.92. The minimum absolute atomic E-state index is 0.0134. The number of nitrogens with two attached hydrogens (primary N) is 1. The first kappa shape index (κ1) is 25.7. The van der Waals surface area contributed by atoms with Gasteiger partial charge in [-0.3, -0.25) is 9.20 Å². The second kappa shape index (κ2) is 9.87. The van der Waals surface area contributed by atoms with Crippen LogP contribution in [-0.2, 0) is 0 Å². The number of benzene rings is 1. The van der Waals surface area contributed by atoms with Crippen LogP contribution in [0.4, 0.5) is 5.82 Å². The minimum atomic E-state index is -0.349. The van der Waals surface area contributed by atoms with Crippen LogP contribution in [-0.4, -0.2) is 35.2 Å². The fourth-order valence-corrected chi connectivity index (χ4v) is 6.00. The maximum Gasteiger partial charge on any atom is 0.264 e. The largest absolute Gasteiger partial charge is 0.475 e. The number of aryl methyl sites for hydroxylation is 2. The van der Waals surface area contributed by atoms with Gasteiger partial charge < -0.3 is 10.5 Å². The number of fused-ring (bicyclic) bond motifs is 2. The Balaban J connectivity index is 1.57. The summed E-state index contributed by atoms with van der Waals surface area (Å²) >= 11 is 1.54. The molecule has 2 N–H and O–H groups in total. The summed E-state index contributed by atoms with van der Waals surface area (Å²) in [6.45, 7) is 9.91. The first-order valence-corrected chi connectivity index (χ1v) is 13.9. The lowest BCUT2D eigenvalue weighted by molar-refractivity contribution is 0.232. The van der Waals surface area contributed by atoms with Crippen molar-refractivity contribution in [3.8, 4) is 28.3 Å². The van der Waals surface area contributed by atoms with Crippen LogP contribution in [0.25, 0.3) is 38.2 Å². The number of thiazole rings is 1. The monoisotopic (exact) mass is 551 g/mol. The first-order chi connectivity index (χ1) is 19.2. The molecule has 0 saturated heterocycles. The second-order valence-corrected chi connectivity index (χ2v) is 11.1. The summed E-state index contributed by atoms with van der Waals surface area (Å²) in [5, 5.41) is 7.64. The van der Waals surface area contributed by atoms with E-state index in [1.54, 1.807) is 21.9 Å². The number of rotatable bonds is 6. The Kier molecular flexibility index (Phi) is 6.34. The Labute approximate surface area is 234 Å². The molecular formula is C30H29N7O2S. The molecule has 0 radical (unpaired) electrons. The Morgan fingerprint density at radius 2 is 1.82 bits per heavy atom. The molecule has 0 saturated carbocycles. The molecule has 202 valence electrons. The van der Waals surface area contributed by atoms with Gasteiger partial charge in [0.2, 0.25) is 5.88 Å². The lowest BCUT2D eigenvalue weighted by Crippen LogP contribution is -2.21. The predicted octanol–water partition coefficient (Wildman–Crippen LogP) is 5.83. The van der Waals surface area contributed by atoms with E-state index in [2.05, 4.69) is 21.0 Å². The molecule has 0 aliphatic heterocycles. The van der Waals surface area contributed by atoms with Gasteiger partial charge in [0.1, 0.15) is 22.7 Å². The van der Waals surface area contributed by atoms with Crippen molar-refractivity contribution in [3.05, 3.63) is 87.5 Å². The Morgan fingerprint density at radius 1 is 1.00 bits per heavy atom. The van der Waals surface area contributed by atoms with Crippen molar-refractivity contribution in [2.75, 3.05) is 5.73 Å². The first-order valence-electron chi connectivity index (χ1n) is 13.1. The third-order valence-corrected chi connectivity index (χ3v) is 7.92. The number of aromatic nitrogens is 6. The summed E-state index contributed by atoms with van der Waals surface area (Å²) in [6.07, 6.45) is 3.16. The molecule has 0 aliphatic carbocycles. The molecular weight excluding hydrogens is 522 g/mol. The summed E-state index contributed by atoms with van der Waals surface area (Å²) in [5.74, 6) is 0.854. The van der Waals surface area contributed by atoms with Gasteiger partial charge in [-0.15, -0.1) is 11.3 Å². The molecule has 6 rings (SSSR count). The molecule has 0 spiro atoms. The van der Waals surface area contributed by atoms with Crippen molar-refractivity contribution in [1.29, 1.82) is 0 Å². The van der Waals surface area contributed by atoms with Crippen LogP contribution in [0.5, 0.6) is 5.88 Å². The maximum absolute atomic E-state index is 14.0. The predicted molar refractivity (Wildman–Crippen MR) is 159 cm³/mol. The summed E-state index contributed by atoms with van der Waals surface area (Å²) in [7, 11) is 0. The summed E-state index contributed by atoms with van der Waals surface area (Å²) in [5.41, 5.74) is 12.6. The van der Waals surface area contributed by atoms with Crippen molar-refractivity contribution in [2.24, 2.45) is 0 Å². The molecule has 1 atom stereocenters.